The Morgan fingerprint density at radius 2 is 1.75 bits per heavy atom. The van der Waals surface area contributed by atoms with E-state index in [9.17, 15) is 8.42 Å². The summed E-state index contributed by atoms with van der Waals surface area (Å²) < 4.78 is 26.2. The number of rotatable bonds is 7. The molecule has 1 saturated heterocycles. The SMILES string of the molecule is C=CS(=O)(=O)Nc1ccnc(-c2cccc3cnc(Nc4ccc(N5CCN(C)CC5)cc4)nc23)c1. The Morgan fingerprint density at radius 3 is 2.50 bits per heavy atom. The second-order valence-electron chi connectivity index (χ2n) is 8.64. The molecule has 0 amide bonds. The van der Waals surface area contributed by atoms with Crippen molar-refractivity contribution in [2.24, 2.45) is 0 Å². The molecular formula is C26H27N7O2S. The van der Waals surface area contributed by atoms with Crippen LogP contribution in [0.4, 0.5) is 23.0 Å². The molecule has 1 aliphatic rings. The highest BCUT2D eigenvalue weighted by molar-refractivity contribution is 7.95. The summed E-state index contributed by atoms with van der Waals surface area (Å²) in [5, 5.41) is 5.01. The third kappa shape index (κ3) is 5.29. The fourth-order valence-electron chi connectivity index (χ4n) is 4.12. The van der Waals surface area contributed by atoms with Gasteiger partial charge in [-0.15, -0.1) is 0 Å². The topological polar surface area (TPSA) is 103 Å². The number of nitrogens with zero attached hydrogens (tertiary/aromatic N) is 5. The second kappa shape index (κ2) is 9.92. The molecule has 0 aliphatic carbocycles. The number of pyridine rings is 1. The maximum Gasteiger partial charge on any atom is 0.254 e. The summed E-state index contributed by atoms with van der Waals surface area (Å²) in [5.41, 5.74) is 4.55. The van der Waals surface area contributed by atoms with E-state index in [0.29, 0.717) is 22.8 Å². The van der Waals surface area contributed by atoms with Gasteiger partial charge in [-0.05, 0) is 43.4 Å². The van der Waals surface area contributed by atoms with Gasteiger partial charge in [0.25, 0.3) is 10.0 Å². The number of nitrogens with one attached hydrogen (secondary N) is 2. The van der Waals surface area contributed by atoms with E-state index in [2.05, 4.69) is 55.6 Å². The number of fused-ring (bicyclic) bond motifs is 1. The van der Waals surface area contributed by atoms with Crippen molar-refractivity contribution in [3.05, 3.63) is 79.0 Å². The van der Waals surface area contributed by atoms with E-state index in [1.54, 1.807) is 24.5 Å². The molecule has 2 aromatic carbocycles. The van der Waals surface area contributed by atoms with E-state index in [1.807, 2.05) is 30.3 Å². The number of likely N-dealkylation sites (N-methyl/N-ethyl adjacent to an activating group) is 1. The molecule has 0 bridgehead atoms. The van der Waals surface area contributed by atoms with Gasteiger partial charge in [0.2, 0.25) is 5.95 Å². The Balaban J connectivity index is 1.40. The Kier molecular flexibility index (Phi) is 6.53. The van der Waals surface area contributed by atoms with Gasteiger partial charge in [0, 0.05) is 66.3 Å². The first-order valence-electron chi connectivity index (χ1n) is 11.6. The molecule has 10 heteroatoms. The normalized spacial score (nSPS) is 14.5. The molecule has 3 heterocycles. The highest BCUT2D eigenvalue weighted by atomic mass is 32.2. The van der Waals surface area contributed by atoms with Gasteiger partial charge in [-0.25, -0.2) is 18.4 Å². The summed E-state index contributed by atoms with van der Waals surface area (Å²) in [4.78, 5) is 18.4. The highest BCUT2D eigenvalue weighted by Gasteiger charge is 2.15. The van der Waals surface area contributed by atoms with Crippen molar-refractivity contribution < 1.29 is 8.42 Å². The minimum Gasteiger partial charge on any atom is -0.369 e. The molecule has 0 saturated carbocycles. The summed E-state index contributed by atoms with van der Waals surface area (Å²) >= 11 is 0. The van der Waals surface area contributed by atoms with Gasteiger partial charge in [0.05, 0.1) is 16.9 Å². The van der Waals surface area contributed by atoms with Crippen LogP contribution in [0.5, 0.6) is 0 Å². The van der Waals surface area contributed by atoms with Crippen LogP contribution in [0.15, 0.2) is 79.0 Å². The fourth-order valence-corrected chi connectivity index (χ4v) is 4.66. The number of hydrogen-bond acceptors (Lipinski definition) is 8. The number of para-hydroxylation sites is 1. The smallest absolute Gasteiger partial charge is 0.254 e. The average Bonchev–Trinajstić information content (AvgIpc) is 2.89. The summed E-state index contributed by atoms with van der Waals surface area (Å²) in [7, 11) is -1.47. The van der Waals surface area contributed by atoms with Crippen LogP contribution in [0.25, 0.3) is 22.2 Å². The summed E-state index contributed by atoms with van der Waals surface area (Å²) in [6.45, 7) is 7.49. The first kappa shape index (κ1) is 23.7. The van der Waals surface area contributed by atoms with Crippen molar-refractivity contribution >= 4 is 43.9 Å². The summed E-state index contributed by atoms with van der Waals surface area (Å²) in [5.74, 6) is 0.464. The van der Waals surface area contributed by atoms with E-state index in [1.165, 1.54) is 5.69 Å². The zero-order valence-corrected chi connectivity index (χ0v) is 20.7. The largest absolute Gasteiger partial charge is 0.369 e. The number of aromatic nitrogens is 3. The van der Waals surface area contributed by atoms with Crippen molar-refractivity contribution in [3.63, 3.8) is 0 Å². The van der Waals surface area contributed by atoms with E-state index in [4.69, 9.17) is 4.98 Å². The van der Waals surface area contributed by atoms with Crippen molar-refractivity contribution in [3.8, 4) is 11.3 Å². The first-order valence-corrected chi connectivity index (χ1v) is 13.1. The van der Waals surface area contributed by atoms with Gasteiger partial charge in [-0.3, -0.25) is 9.71 Å². The van der Waals surface area contributed by atoms with Crippen LogP contribution in [0.3, 0.4) is 0 Å². The van der Waals surface area contributed by atoms with Gasteiger partial charge >= 0.3 is 0 Å². The summed E-state index contributed by atoms with van der Waals surface area (Å²) in [6.07, 6.45) is 3.31. The lowest BCUT2D eigenvalue weighted by atomic mass is 10.1. The zero-order chi connectivity index (χ0) is 25.1. The van der Waals surface area contributed by atoms with E-state index in [0.717, 1.165) is 48.2 Å². The van der Waals surface area contributed by atoms with Crippen LogP contribution in [0.1, 0.15) is 0 Å². The highest BCUT2D eigenvalue weighted by Crippen LogP contribution is 2.29. The van der Waals surface area contributed by atoms with E-state index < -0.39 is 10.0 Å². The van der Waals surface area contributed by atoms with E-state index in [-0.39, 0.29) is 0 Å². The van der Waals surface area contributed by atoms with Crippen LogP contribution in [-0.4, -0.2) is 61.5 Å². The predicted molar refractivity (Wildman–Crippen MR) is 145 cm³/mol. The molecule has 5 rings (SSSR count). The Bertz CT molecular complexity index is 1500. The quantitative estimate of drug-likeness (QED) is 0.391. The number of benzene rings is 2. The Morgan fingerprint density at radius 1 is 0.972 bits per heavy atom. The van der Waals surface area contributed by atoms with Gasteiger partial charge in [0.15, 0.2) is 0 Å². The minimum atomic E-state index is -3.62. The molecule has 0 radical (unpaired) electrons. The molecule has 0 atom stereocenters. The molecule has 1 fully saturated rings. The number of anilines is 4. The van der Waals surface area contributed by atoms with Crippen LogP contribution >= 0.6 is 0 Å². The molecular weight excluding hydrogens is 474 g/mol. The Labute approximate surface area is 210 Å². The molecule has 4 aromatic rings. The van der Waals surface area contributed by atoms with Crippen LogP contribution < -0.4 is 14.9 Å². The molecule has 9 nitrogen and oxygen atoms in total. The maximum atomic E-state index is 11.9. The van der Waals surface area contributed by atoms with Crippen LogP contribution in [0.2, 0.25) is 0 Å². The molecule has 2 N–H and O–H groups in total. The van der Waals surface area contributed by atoms with Crippen LogP contribution in [-0.2, 0) is 10.0 Å². The van der Waals surface area contributed by atoms with Crippen molar-refractivity contribution in [1.82, 2.24) is 19.9 Å². The number of piperazine rings is 1. The lowest BCUT2D eigenvalue weighted by Gasteiger charge is -2.34. The lowest BCUT2D eigenvalue weighted by Crippen LogP contribution is -2.44. The van der Waals surface area contributed by atoms with E-state index >= 15 is 0 Å². The third-order valence-electron chi connectivity index (χ3n) is 6.12. The molecule has 184 valence electrons. The van der Waals surface area contributed by atoms with Crippen molar-refractivity contribution in [2.75, 3.05) is 48.2 Å². The molecule has 0 spiro atoms. The first-order chi connectivity index (χ1) is 17.4. The predicted octanol–water partition coefficient (Wildman–Crippen LogP) is 4.07. The molecule has 1 aliphatic heterocycles. The van der Waals surface area contributed by atoms with Crippen molar-refractivity contribution in [1.29, 1.82) is 0 Å². The average molecular weight is 502 g/mol. The summed E-state index contributed by atoms with van der Waals surface area (Å²) in [6, 6.07) is 17.3. The monoisotopic (exact) mass is 501 g/mol. The number of hydrogen-bond donors (Lipinski definition) is 2. The zero-order valence-electron chi connectivity index (χ0n) is 19.9. The Hall–Kier alpha value is -4.02. The third-order valence-corrected chi connectivity index (χ3v) is 7.08. The van der Waals surface area contributed by atoms with Gasteiger partial charge in [-0.1, -0.05) is 24.8 Å². The number of sulfonamides is 1. The maximum absolute atomic E-state index is 11.9. The van der Waals surface area contributed by atoms with Crippen molar-refractivity contribution in [2.45, 2.75) is 0 Å². The van der Waals surface area contributed by atoms with Gasteiger partial charge < -0.3 is 15.1 Å². The lowest BCUT2D eigenvalue weighted by molar-refractivity contribution is 0.313. The van der Waals surface area contributed by atoms with Crippen LogP contribution in [0, 0.1) is 0 Å². The van der Waals surface area contributed by atoms with Gasteiger partial charge in [-0.2, -0.15) is 0 Å². The fraction of sp³-hybridized carbons (Fsp3) is 0.192. The molecule has 0 unspecified atom stereocenters. The second-order valence-corrected chi connectivity index (χ2v) is 10.3. The molecule has 2 aromatic heterocycles. The molecule has 36 heavy (non-hydrogen) atoms. The standard InChI is InChI=1S/C26H27N7O2S/c1-3-36(34,35)31-21-11-12-27-24(17-21)23-6-4-5-19-18-28-26(30-25(19)23)29-20-7-9-22(10-8-20)33-15-13-32(2)14-16-33/h3-12,17-18H,1,13-16H2,2H3,(H,27,31)(H,28,29,30). The minimum absolute atomic E-state index is 0.393. The van der Waals surface area contributed by atoms with Gasteiger partial charge in [0.1, 0.15) is 0 Å².